The van der Waals surface area contributed by atoms with Crippen molar-refractivity contribution in [3.05, 3.63) is 95.6 Å². The van der Waals surface area contributed by atoms with Gasteiger partial charge in [-0.2, -0.15) is 0 Å². The Balaban J connectivity index is 1.60. The number of aliphatic carboxylic acids is 1. The molecule has 0 saturated carbocycles. The molecule has 0 saturated heterocycles. The molecule has 148 valence electrons. The molecule has 3 aromatic carbocycles. The van der Waals surface area contributed by atoms with E-state index in [4.69, 9.17) is 19.3 Å². The largest absolute Gasteiger partial charge is 0.496 e. The van der Waals surface area contributed by atoms with Crippen LogP contribution in [0.2, 0.25) is 0 Å². The molecule has 0 heterocycles. The van der Waals surface area contributed by atoms with E-state index < -0.39 is 5.97 Å². The zero-order chi connectivity index (χ0) is 20.5. The lowest BCUT2D eigenvalue weighted by molar-refractivity contribution is -0.131. The molecule has 0 aliphatic carbocycles. The third-order valence-corrected chi connectivity index (χ3v) is 4.19. The van der Waals surface area contributed by atoms with Gasteiger partial charge < -0.3 is 19.3 Å². The van der Waals surface area contributed by atoms with Gasteiger partial charge >= 0.3 is 5.97 Å². The highest BCUT2D eigenvalue weighted by atomic mass is 16.5. The number of hydrogen-bond acceptors (Lipinski definition) is 4. The summed E-state index contributed by atoms with van der Waals surface area (Å²) in [7, 11) is 1.59. The normalized spacial score (nSPS) is 10.7. The minimum Gasteiger partial charge on any atom is -0.496 e. The van der Waals surface area contributed by atoms with E-state index in [0.29, 0.717) is 24.7 Å². The Bertz CT molecular complexity index is 962. The average Bonchev–Trinajstić information content (AvgIpc) is 2.76. The van der Waals surface area contributed by atoms with Crippen molar-refractivity contribution in [2.24, 2.45) is 0 Å². The Labute approximate surface area is 169 Å². The molecule has 5 heteroatoms. The van der Waals surface area contributed by atoms with E-state index in [9.17, 15) is 4.79 Å². The molecule has 1 N–H and O–H groups in total. The van der Waals surface area contributed by atoms with Gasteiger partial charge in [-0.05, 0) is 53.6 Å². The number of rotatable bonds is 9. The number of carboxylic acids is 1. The second-order valence-corrected chi connectivity index (χ2v) is 6.28. The Morgan fingerprint density at radius 1 is 0.897 bits per heavy atom. The molecule has 0 bridgehead atoms. The van der Waals surface area contributed by atoms with E-state index in [1.165, 1.54) is 6.08 Å². The fourth-order valence-corrected chi connectivity index (χ4v) is 2.72. The first-order valence-electron chi connectivity index (χ1n) is 9.11. The topological polar surface area (TPSA) is 65.0 Å². The SMILES string of the molecule is COc1ccc(C=CC(=O)O)cc1COc1ccc(OCc2ccccc2)cc1. The molecule has 5 nitrogen and oxygen atoms in total. The van der Waals surface area contributed by atoms with Gasteiger partial charge in [0.1, 0.15) is 30.5 Å². The van der Waals surface area contributed by atoms with Crippen LogP contribution in [-0.4, -0.2) is 18.2 Å². The van der Waals surface area contributed by atoms with Crippen molar-refractivity contribution in [3.63, 3.8) is 0 Å². The van der Waals surface area contributed by atoms with Crippen LogP contribution >= 0.6 is 0 Å². The molecule has 0 aliphatic heterocycles. The lowest BCUT2D eigenvalue weighted by Crippen LogP contribution is -2.00. The fourth-order valence-electron chi connectivity index (χ4n) is 2.72. The van der Waals surface area contributed by atoms with E-state index >= 15 is 0 Å². The number of carboxylic acid groups (broad SMARTS) is 1. The summed E-state index contributed by atoms with van der Waals surface area (Å²) in [6.45, 7) is 0.803. The van der Waals surface area contributed by atoms with Crippen molar-refractivity contribution in [1.82, 2.24) is 0 Å². The van der Waals surface area contributed by atoms with Crippen LogP contribution in [0.1, 0.15) is 16.7 Å². The number of methoxy groups -OCH3 is 1. The average molecular weight is 390 g/mol. The summed E-state index contributed by atoms with van der Waals surface area (Å²) in [5.74, 6) is 1.15. The van der Waals surface area contributed by atoms with Gasteiger partial charge in [0.2, 0.25) is 0 Å². The van der Waals surface area contributed by atoms with E-state index in [1.54, 1.807) is 19.2 Å². The highest BCUT2D eigenvalue weighted by Crippen LogP contribution is 2.24. The maximum Gasteiger partial charge on any atom is 0.328 e. The van der Waals surface area contributed by atoms with Gasteiger partial charge in [-0.15, -0.1) is 0 Å². The second kappa shape index (κ2) is 9.99. The van der Waals surface area contributed by atoms with Crippen molar-refractivity contribution in [2.75, 3.05) is 7.11 Å². The quantitative estimate of drug-likeness (QED) is 0.524. The van der Waals surface area contributed by atoms with Crippen molar-refractivity contribution in [2.45, 2.75) is 13.2 Å². The predicted octanol–water partition coefficient (Wildman–Crippen LogP) is 4.95. The van der Waals surface area contributed by atoms with Crippen LogP contribution in [0, 0.1) is 0 Å². The molecule has 0 aliphatic rings. The lowest BCUT2D eigenvalue weighted by Gasteiger charge is -2.12. The number of carbonyl (C=O) groups is 1. The molecule has 0 atom stereocenters. The molecule has 0 fully saturated rings. The maximum atomic E-state index is 10.7. The van der Waals surface area contributed by atoms with Gasteiger partial charge in [0, 0.05) is 11.6 Å². The molecule has 0 aromatic heterocycles. The summed E-state index contributed by atoms with van der Waals surface area (Å²) in [5.41, 5.74) is 2.69. The van der Waals surface area contributed by atoms with Gasteiger partial charge in [-0.1, -0.05) is 36.4 Å². The first kappa shape index (κ1) is 20.0. The molecule has 29 heavy (non-hydrogen) atoms. The monoisotopic (exact) mass is 390 g/mol. The molecular weight excluding hydrogens is 368 g/mol. The number of ether oxygens (including phenoxy) is 3. The van der Waals surface area contributed by atoms with Crippen LogP contribution in [-0.2, 0) is 18.0 Å². The zero-order valence-electron chi connectivity index (χ0n) is 16.1. The van der Waals surface area contributed by atoms with Gasteiger partial charge in [-0.3, -0.25) is 0 Å². The second-order valence-electron chi connectivity index (χ2n) is 6.28. The van der Waals surface area contributed by atoms with Crippen LogP contribution in [0.3, 0.4) is 0 Å². The van der Waals surface area contributed by atoms with Crippen molar-refractivity contribution in [3.8, 4) is 17.2 Å². The van der Waals surface area contributed by atoms with E-state index in [1.807, 2.05) is 60.7 Å². The van der Waals surface area contributed by atoms with Crippen molar-refractivity contribution >= 4 is 12.0 Å². The van der Waals surface area contributed by atoms with Gasteiger partial charge in [0.25, 0.3) is 0 Å². The van der Waals surface area contributed by atoms with E-state index in [0.717, 1.165) is 28.5 Å². The Kier molecular flexibility index (Phi) is 6.90. The summed E-state index contributed by atoms with van der Waals surface area (Å²) in [4.78, 5) is 10.7. The Morgan fingerprint density at radius 3 is 2.17 bits per heavy atom. The fraction of sp³-hybridized carbons (Fsp3) is 0.125. The Hall–Kier alpha value is -3.73. The van der Waals surface area contributed by atoms with E-state index in [2.05, 4.69) is 0 Å². The van der Waals surface area contributed by atoms with E-state index in [-0.39, 0.29) is 0 Å². The zero-order valence-corrected chi connectivity index (χ0v) is 16.1. The standard InChI is InChI=1S/C24H22O5/c1-27-23-13-7-18(8-14-24(25)26)15-20(23)17-29-22-11-9-21(10-12-22)28-16-19-5-3-2-4-6-19/h2-15H,16-17H2,1H3,(H,25,26). The summed E-state index contributed by atoms with van der Waals surface area (Å²) in [6, 6.07) is 22.8. The van der Waals surface area contributed by atoms with Gasteiger partial charge in [0.05, 0.1) is 7.11 Å². The smallest absolute Gasteiger partial charge is 0.328 e. The number of hydrogen-bond donors (Lipinski definition) is 1. The van der Waals surface area contributed by atoms with Crippen LogP contribution in [0.4, 0.5) is 0 Å². The summed E-state index contributed by atoms with van der Waals surface area (Å²) in [6.07, 6.45) is 2.63. The molecular formula is C24H22O5. The summed E-state index contributed by atoms with van der Waals surface area (Å²) in [5, 5.41) is 8.78. The van der Waals surface area contributed by atoms with Crippen LogP contribution in [0.15, 0.2) is 78.9 Å². The molecule has 0 spiro atoms. The molecule has 0 amide bonds. The van der Waals surface area contributed by atoms with Crippen LogP contribution in [0.25, 0.3) is 6.08 Å². The number of benzene rings is 3. The first-order valence-corrected chi connectivity index (χ1v) is 9.11. The molecule has 3 aromatic rings. The third-order valence-electron chi connectivity index (χ3n) is 4.19. The maximum absolute atomic E-state index is 10.7. The van der Waals surface area contributed by atoms with Gasteiger partial charge in [0.15, 0.2) is 0 Å². The predicted molar refractivity (Wildman–Crippen MR) is 111 cm³/mol. The summed E-state index contributed by atoms with van der Waals surface area (Å²) >= 11 is 0. The van der Waals surface area contributed by atoms with Gasteiger partial charge in [-0.25, -0.2) is 4.79 Å². The molecule has 3 rings (SSSR count). The lowest BCUT2D eigenvalue weighted by atomic mass is 10.1. The summed E-state index contributed by atoms with van der Waals surface area (Å²) < 4.78 is 17.0. The van der Waals surface area contributed by atoms with Crippen molar-refractivity contribution in [1.29, 1.82) is 0 Å². The van der Waals surface area contributed by atoms with Crippen LogP contribution < -0.4 is 14.2 Å². The molecule has 0 radical (unpaired) electrons. The Morgan fingerprint density at radius 2 is 1.55 bits per heavy atom. The highest BCUT2D eigenvalue weighted by molar-refractivity contribution is 5.85. The molecule has 0 unspecified atom stereocenters. The first-order chi connectivity index (χ1) is 14.1. The van der Waals surface area contributed by atoms with Crippen molar-refractivity contribution < 1.29 is 24.1 Å². The minimum atomic E-state index is -0.992. The third kappa shape index (κ3) is 6.14. The minimum absolute atomic E-state index is 0.294. The van der Waals surface area contributed by atoms with Crippen LogP contribution in [0.5, 0.6) is 17.2 Å². The highest BCUT2D eigenvalue weighted by Gasteiger charge is 2.06.